The molecule has 1 amide bonds. The molecule has 6 nitrogen and oxygen atoms in total. The van der Waals surface area contributed by atoms with E-state index in [1.54, 1.807) is 12.1 Å². The number of hydrogen-bond donors (Lipinski definition) is 2. The number of sulfonamides is 1. The van der Waals surface area contributed by atoms with E-state index < -0.39 is 10.0 Å². The third-order valence-corrected chi connectivity index (χ3v) is 6.96. The monoisotopic (exact) mass is 463 g/mol. The van der Waals surface area contributed by atoms with Gasteiger partial charge in [0.05, 0.1) is 22.0 Å². The van der Waals surface area contributed by atoms with Crippen LogP contribution in [0.2, 0.25) is 5.02 Å². The Bertz CT molecular complexity index is 1140. The third-order valence-electron chi connectivity index (χ3n) is 4.30. The quantitative estimate of drug-likeness (QED) is 0.498. The second kappa shape index (κ2) is 9.70. The summed E-state index contributed by atoms with van der Waals surface area (Å²) in [5.41, 5.74) is 2.95. The average molecular weight is 464 g/mol. The lowest BCUT2D eigenvalue weighted by atomic mass is 10.1. The fourth-order valence-electron chi connectivity index (χ4n) is 2.84. The van der Waals surface area contributed by atoms with Crippen molar-refractivity contribution in [2.24, 2.45) is 0 Å². The predicted molar refractivity (Wildman–Crippen MR) is 120 cm³/mol. The summed E-state index contributed by atoms with van der Waals surface area (Å²) in [4.78, 5) is 17.9. The van der Waals surface area contributed by atoms with Gasteiger partial charge in [0.15, 0.2) is 0 Å². The summed E-state index contributed by atoms with van der Waals surface area (Å²) in [7, 11) is -3.68. The van der Waals surface area contributed by atoms with Crippen molar-refractivity contribution in [3.8, 4) is 11.3 Å². The maximum absolute atomic E-state index is 12.4. The Balaban J connectivity index is 1.55. The van der Waals surface area contributed by atoms with E-state index in [4.69, 9.17) is 11.6 Å². The normalized spacial score (nSPS) is 11.4. The number of rotatable bonds is 8. The Labute approximate surface area is 185 Å². The van der Waals surface area contributed by atoms with Crippen molar-refractivity contribution >= 4 is 38.9 Å². The van der Waals surface area contributed by atoms with Gasteiger partial charge in [0.1, 0.15) is 0 Å². The van der Waals surface area contributed by atoms with Gasteiger partial charge in [-0.15, -0.1) is 11.3 Å². The van der Waals surface area contributed by atoms with Crippen LogP contribution in [0.1, 0.15) is 15.4 Å². The van der Waals surface area contributed by atoms with E-state index in [-0.39, 0.29) is 30.3 Å². The number of halogens is 1. The number of amides is 1. The Morgan fingerprint density at radius 2 is 1.83 bits per heavy atom. The molecule has 0 radical (unpaired) electrons. The van der Waals surface area contributed by atoms with E-state index in [0.29, 0.717) is 5.02 Å². The summed E-state index contributed by atoms with van der Waals surface area (Å²) < 4.78 is 27.0. The molecule has 0 aliphatic heterocycles. The maximum atomic E-state index is 12.4. The lowest BCUT2D eigenvalue weighted by Crippen LogP contribution is -2.35. The van der Waals surface area contributed by atoms with Crippen molar-refractivity contribution in [3.63, 3.8) is 0 Å². The molecule has 0 atom stereocenters. The molecule has 1 aromatic heterocycles. The zero-order valence-corrected chi connectivity index (χ0v) is 19.0. The molecule has 3 rings (SSSR count). The van der Waals surface area contributed by atoms with Gasteiger partial charge in [-0.25, -0.2) is 18.1 Å². The first-order valence-corrected chi connectivity index (χ1v) is 12.0. The number of nitrogens with zero attached hydrogens (tertiary/aromatic N) is 1. The predicted octanol–water partition coefficient (Wildman–Crippen LogP) is 3.72. The van der Waals surface area contributed by atoms with E-state index in [1.807, 2.05) is 38.1 Å². The molecule has 0 bridgehead atoms. The van der Waals surface area contributed by atoms with Crippen LogP contribution in [0.25, 0.3) is 11.3 Å². The van der Waals surface area contributed by atoms with Crippen LogP contribution in [0.5, 0.6) is 0 Å². The Morgan fingerprint density at radius 1 is 1.10 bits per heavy atom. The minimum Gasteiger partial charge on any atom is -0.354 e. The van der Waals surface area contributed by atoms with Crippen LogP contribution in [0.15, 0.2) is 53.4 Å². The maximum Gasteiger partial charge on any atom is 0.240 e. The van der Waals surface area contributed by atoms with Gasteiger partial charge in [-0.2, -0.15) is 0 Å². The summed E-state index contributed by atoms with van der Waals surface area (Å²) in [6.45, 7) is 4.18. The fourth-order valence-corrected chi connectivity index (χ4v) is 5.13. The van der Waals surface area contributed by atoms with Crippen molar-refractivity contribution in [3.05, 3.63) is 69.0 Å². The molecule has 2 N–H and O–H groups in total. The standard InChI is InChI=1S/C21H22ClN3O3S2/c1-14-6-8-16(9-7-14)21-19(29-15(2)25-21)13-20(26)23-10-11-24-30(27,28)18-5-3-4-17(22)12-18/h3-9,12,24H,10-11,13H2,1-2H3,(H,23,26). The van der Waals surface area contributed by atoms with Crippen LogP contribution in [-0.2, 0) is 21.2 Å². The van der Waals surface area contributed by atoms with E-state index >= 15 is 0 Å². The summed E-state index contributed by atoms with van der Waals surface area (Å²) >= 11 is 7.33. The van der Waals surface area contributed by atoms with Gasteiger partial charge in [-0.05, 0) is 32.0 Å². The van der Waals surface area contributed by atoms with Gasteiger partial charge in [0.25, 0.3) is 0 Å². The topological polar surface area (TPSA) is 88.2 Å². The summed E-state index contributed by atoms with van der Waals surface area (Å²) in [5.74, 6) is -0.186. The highest BCUT2D eigenvalue weighted by Gasteiger charge is 2.16. The molecule has 0 saturated heterocycles. The van der Waals surface area contributed by atoms with Crippen molar-refractivity contribution in [1.29, 1.82) is 0 Å². The summed E-state index contributed by atoms with van der Waals surface area (Å²) in [5, 5.41) is 3.98. The minimum absolute atomic E-state index is 0.0765. The first-order chi connectivity index (χ1) is 14.2. The van der Waals surface area contributed by atoms with Crippen molar-refractivity contribution in [1.82, 2.24) is 15.0 Å². The Kier molecular flexibility index (Phi) is 7.25. The number of aryl methyl sites for hydroxylation is 2. The summed E-state index contributed by atoms with van der Waals surface area (Å²) in [6, 6.07) is 14.0. The SMILES string of the molecule is Cc1ccc(-c2nc(C)sc2CC(=O)NCCNS(=O)(=O)c2cccc(Cl)c2)cc1. The van der Waals surface area contributed by atoms with Crippen LogP contribution in [0, 0.1) is 13.8 Å². The van der Waals surface area contributed by atoms with Gasteiger partial charge in [0.2, 0.25) is 15.9 Å². The zero-order chi connectivity index (χ0) is 21.7. The first kappa shape index (κ1) is 22.4. The van der Waals surface area contributed by atoms with E-state index in [2.05, 4.69) is 15.0 Å². The Hall–Kier alpha value is -2.26. The average Bonchev–Trinajstić information content (AvgIpc) is 3.06. The van der Waals surface area contributed by atoms with Crippen LogP contribution < -0.4 is 10.0 Å². The molecular weight excluding hydrogens is 442 g/mol. The fraction of sp³-hybridized carbons (Fsp3) is 0.238. The highest BCUT2D eigenvalue weighted by molar-refractivity contribution is 7.89. The molecule has 9 heteroatoms. The minimum atomic E-state index is -3.68. The van der Waals surface area contributed by atoms with Crippen molar-refractivity contribution in [2.45, 2.75) is 25.2 Å². The molecule has 0 unspecified atom stereocenters. The van der Waals surface area contributed by atoms with E-state index in [1.165, 1.54) is 23.5 Å². The highest BCUT2D eigenvalue weighted by atomic mass is 35.5. The lowest BCUT2D eigenvalue weighted by Gasteiger charge is -2.08. The number of benzene rings is 2. The largest absolute Gasteiger partial charge is 0.354 e. The van der Waals surface area contributed by atoms with Crippen LogP contribution in [0.3, 0.4) is 0 Å². The number of carbonyl (C=O) groups is 1. The highest BCUT2D eigenvalue weighted by Crippen LogP contribution is 2.28. The molecule has 30 heavy (non-hydrogen) atoms. The van der Waals surface area contributed by atoms with E-state index in [0.717, 1.165) is 26.7 Å². The molecule has 0 spiro atoms. The van der Waals surface area contributed by atoms with Crippen LogP contribution >= 0.6 is 22.9 Å². The number of thiazole rings is 1. The Morgan fingerprint density at radius 3 is 2.53 bits per heavy atom. The van der Waals surface area contributed by atoms with Crippen molar-refractivity contribution in [2.75, 3.05) is 13.1 Å². The molecule has 0 saturated carbocycles. The second-order valence-electron chi connectivity index (χ2n) is 6.75. The van der Waals surface area contributed by atoms with Crippen LogP contribution in [-0.4, -0.2) is 32.4 Å². The number of aromatic nitrogens is 1. The van der Waals surface area contributed by atoms with Gasteiger partial charge >= 0.3 is 0 Å². The van der Waals surface area contributed by atoms with Crippen LogP contribution in [0.4, 0.5) is 0 Å². The third kappa shape index (κ3) is 5.89. The lowest BCUT2D eigenvalue weighted by molar-refractivity contribution is -0.120. The van der Waals surface area contributed by atoms with Gasteiger partial charge < -0.3 is 5.32 Å². The zero-order valence-electron chi connectivity index (χ0n) is 16.6. The molecule has 158 valence electrons. The van der Waals surface area contributed by atoms with Gasteiger partial charge in [0, 0.05) is 28.6 Å². The number of hydrogen-bond acceptors (Lipinski definition) is 5. The molecule has 0 aliphatic carbocycles. The molecular formula is C21H22ClN3O3S2. The molecule has 1 heterocycles. The number of nitrogens with one attached hydrogen (secondary N) is 2. The van der Waals surface area contributed by atoms with Gasteiger partial charge in [-0.3, -0.25) is 4.79 Å². The first-order valence-electron chi connectivity index (χ1n) is 9.30. The summed E-state index contributed by atoms with van der Waals surface area (Å²) in [6.07, 6.45) is 0.190. The van der Waals surface area contributed by atoms with Crippen molar-refractivity contribution < 1.29 is 13.2 Å². The molecule has 0 aliphatic rings. The van der Waals surface area contributed by atoms with Gasteiger partial charge in [-0.1, -0.05) is 47.5 Å². The molecule has 2 aromatic carbocycles. The number of carbonyl (C=O) groups excluding carboxylic acids is 1. The van der Waals surface area contributed by atoms with E-state index in [9.17, 15) is 13.2 Å². The smallest absolute Gasteiger partial charge is 0.240 e. The molecule has 0 fully saturated rings. The molecule has 3 aromatic rings. The second-order valence-corrected chi connectivity index (χ2v) is 10.2.